The second-order valence-corrected chi connectivity index (χ2v) is 6.24. The first kappa shape index (κ1) is 18.0. The smallest absolute Gasteiger partial charge is 0.253 e. The summed E-state index contributed by atoms with van der Waals surface area (Å²) < 4.78 is 10.5. The summed E-state index contributed by atoms with van der Waals surface area (Å²) in [6.07, 6.45) is 2.26. The highest BCUT2D eigenvalue weighted by Crippen LogP contribution is 2.37. The SMILES string of the molecule is COCCOc1ccc(C(=O)N2CC3CCC(N)C3C2)cc1.Cl. The molecule has 1 aliphatic carbocycles. The zero-order chi connectivity index (χ0) is 15.5. The lowest BCUT2D eigenvalue weighted by Gasteiger charge is -2.19. The van der Waals surface area contributed by atoms with Crippen molar-refractivity contribution in [2.24, 2.45) is 17.6 Å². The summed E-state index contributed by atoms with van der Waals surface area (Å²) in [4.78, 5) is 14.5. The molecular weight excluding hydrogens is 316 g/mol. The number of carbonyl (C=O) groups is 1. The van der Waals surface area contributed by atoms with Gasteiger partial charge in [0.15, 0.2) is 0 Å². The Balaban J connectivity index is 0.00000192. The molecule has 6 heteroatoms. The predicted molar refractivity (Wildman–Crippen MR) is 91.2 cm³/mol. The molecule has 0 aromatic heterocycles. The van der Waals surface area contributed by atoms with Gasteiger partial charge >= 0.3 is 0 Å². The quantitative estimate of drug-likeness (QED) is 0.832. The summed E-state index contributed by atoms with van der Waals surface area (Å²) in [5, 5.41) is 0. The van der Waals surface area contributed by atoms with E-state index >= 15 is 0 Å². The van der Waals surface area contributed by atoms with Crippen molar-refractivity contribution in [2.45, 2.75) is 18.9 Å². The summed E-state index contributed by atoms with van der Waals surface area (Å²) in [5.41, 5.74) is 6.85. The summed E-state index contributed by atoms with van der Waals surface area (Å²) in [6, 6.07) is 7.60. The zero-order valence-electron chi connectivity index (χ0n) is 13.4. The Labute approximate surface area is 143 Å². The fourth-order valence-electron chi connectivity index (χ4n) is 3.59. The Morgan fingerprint density at radius 3 is 2.61 bits per heavy atom. The largest absolute Gasteiger partial charge is 0.491 e. The normalized spacial score (nSPS) is 25.8. The molecule has 0 bridgehead atoms. The van der Waals surface area contributed by atoms with Crippen molar-refractivity contribution >= 4 is 18.3 Å². The van der Waals surface area contributed by atoms with Crippen molar-refractivity contribution in [2.75, 3.05) is 33.4 Å². The number of hydrogen-bond donors (Lipinski definition) is 1. The molecule has 3 rings (SSSR count). The third-order valence-electron chi connectivity index (χ3n) is 4.86. The first-order valence-corrected chi connectivity index (χ1v) is 7.95. The highest BCUT2D eigenvalue weighted by atomic mass is 35.5. The van der Waals surface area contributed by atoms with Gasteiger partial charge in [0.05, 0.1) is 6.61 Å². The van der Waals surface area contributed by atoms with Crippen molar-refractivity contribution in [3.8, 4) is 5.75 Å². The standard InChI is InChI=1S/C17H24N2O3.ClH/c1-21-8-9-22-14-5-2-12(3-6-14)17(20)19-10-13-4-7-16(18)15(13)11-19;/h2-3,5-6,13,15-16H,4,7-11,18H2,1H3;1H. The number of methoxy groups -OCH3 is 1. The molecule has 1 aromatic rings. The monoisotopic (exact) mass is 340 g/mol. The van der Waals surface area contributed by atoms with Gasteiger partial charge in [-0.15, -0.1) is 12.4 Å². The maximum absolute atomic E-state index is 12.6. The molecule has 1 heterocycles. The first-order valence-electron chi connectivity index (χ1n) is 7.95. The lowest BCUT2D eigenvalue weighted by atomic mass is 9.98. The first-order chi connectivity index (χ1) is 10.7. The van der Waals surface area contributed by atoms with Gasteiger partial charge < -0.3 is 20.1 Å². The van der Waals surface area contributed by atoms with Gasteiger partial charge in [0, 0.05) is 31.8 Å². The molecule has 1 aliphatic heterocycles. The summed E-state index contributed by atoms with van der Waals surface area (Å²) >= 11 is 0. The topological polar surface area (TPSA) is 64.8 Å². The van der Waals surface area contributed by atoms with Gasteiger partial charge in [-0.05, 0) is 48.9 Å². The van der Waals surface area contributed by atoms with E-state index in [4.69, 9.17) is 15.2 Å². The molecule has 1 saturated carbocycles. The van der Waals surface area contributed by atoms with Gasteiger partial charge in [-0.3, -0.25) is 4.79 Å². The Hall–Kier alpha value is -1.30. The van der Waals surface area contributed by atoms with E-state index in [0.29, 0.717) is 30.6 Å². The second-order valence-electron chi connectivity index (χ2n) is 6.24. The van der Waals surface area contributed by atoms with Crippen molar-refractivity contribution < 1.29 is 14.3 Å². The highest BCUT2D eigenvalue weighted by molar-refractivity contribution is 5.94. The maximum atomic E-state index is 12.6. The molecule has 2 fully saturated rings. The van der Waals surface area contributed by atoms with Crippen LogP contribution in [0.25, 0.3) is 0 Å². The van der Waals surface area contributed by atoms with E-state index in [1.165, 1.54) is 0 Å². The third kappa shape index (κ3) is 3.97. The van der Waals surface area contributed by atoms with E-state index in [-0.39, 0.29) is 24.4 Å². The van der Waals surface area contributed by atoms with E-state index < -0.39 is 0 Å². The zero-order valence-corrected chi connectivity index (χ0v) is 14.3. The molecule has 3 atom stereocenters. The van der Waals surface area contributed by atoms with Gasteiger partial charge in [0.25, 0.3) is 5.91 Å². The number of ether oxygens (including phenoxy) is 2. The lowest BCUT2D eigenvalue weighted by molar-refractivity contribution is 0.0779. The Kier molecular flexibility index (Phi) is 6.27. The summed E-state index contributed by atoms with van der Waals surface area (Å²) in [6.45, 7) is 2.72. The van der Waals surface area contributed by atoms with E-state index in [0.717, 1.165) is 31.7 Å². The van der Waals surface area contributed by atoms with Gasteiger partial charge in [0.1, 0.15) is 12.4 Å². The molecule has 0 radical (unpaired) electrons. The van der Waals surface area contributed by atoms with Gasteiger partial charge in [-0.2, -0.15) is 0 Å². The summed E-state index contributed by atoms with van der Waals surface area (Å²) in [5.74, 6) is 1.94. The van der Waals surface area contributed by atoms with Crippen molar-refractivity contribution in [1.29, 1.82) is 0 Å². The number of amides is 1. The van der Waals surface area contributed by atoms with Gasteiger partial charge in [-0.1, -0.05) is 0 Å². The number of hydrogen-bond acceptors (Lipinski definition) is 4. The van der Waals surface area contributed by atoms with Crippen LogP contribution in [0.4, 0.5) is 0 Å². The number of fused-ring (bicyclic) bond motifs is 1. The van der Waals surface area contributed by atoms with Crippen molar-refractivity contribution in [3.63, 3.8) is 0 Å². The fourth-order valence-corrected chi connectivity index (χ4v) is 3.59. The minimum atomic E-state index is 0. The van der Waals surface area contributed by atoms with Crippen LogP contribution in [0.1, 0.15) is 23.2 Å². The molecule has 1 aromatic carbocycles. The van der Waals surface area contributed by atoms with Crippen LogP contribution in [0.15, 0.2) is 24.3 Å². The van der Waals surface area contributed by atoms with Crippen LogP contribution in [0.2, 0.25) is 0 Å². The molecule has 2 aliphatic rings. The molecule has 3 unspecified atom stereocenters. The number of halogens is 1. The number of carbonyl (C=O) groups excluding carboxylic acids is 1. The third-order valence-corrected chi connectivity index (χ3v) is 4.86. The molecule has 1 amide bonds. The van der Waals surface area contributed by atoms with Gasteiger partial charge in [0.2, 0.25) is 0 Å². The predicted octanol–water partition coefficient (Wildman–Crippen LogP) is 1.94. The summed E-state index contributed by atoms with van der Waals surface area (Å²) in [7, 11) is 1.64. The number of benzene rings is 1. The van der Waals surface area contributed by atoms with Crippen LogP contribution >= 0.6 is 12.4 Å². The van der Waals surface area contributed by atoms with Crippen LogP contribution in [-0.2, 0) is 4.74 Å². The molecule has 1 saturated heterocycles. The van der Waals surface area contributed by atoms with E-state index in [1.54, 1.807) is 7.11 Å². The average molecular weight is 341 g/mol. The van der Waals surface area contributed by atoms with Crippen LogP contribution in [0.5, 0.6) is 5.75 Å². The van der Waals surface area contributed by atoms with Crippen LogP contribution in [0.3, 0.4) is 0 Å². The van der Waals surface area contributed by atoms with E-state index in [9.17, 15) is 4.79 Å². The molecule has 128 valence electrons. The Morgan fingerprint density at radius 2 is 1.96 bits per heavy atom. The number of likely N-dealkylation sites (tertiary alicyclic amines) is 1. The van der Waals surface area contributed by atoms with Crippen molar-refractivity contribution in [1.82, 2.24) is 4.90 Å². The maximum Gasteiger partial charge on any atom is 0.253 e. The molecule has 5 nitrogen and oxygen atoms in total. The average Bonchev–Trinajstić information content (AvgIpc) is 3.10. The number of nitrogens with two attached hydrogens (primary N) is 1. The second kappa shape index (κ2) is 7.99. The molecular formula is C17H25ClN2O3. The van der Waals surface area contributed by atoms with E-state index in [2.05, 4.69) is 0 Å². The number of nitrogens with zero attached hydrogens (tertiary/aromatic N) is 1. The Morgan fingerprint density at radius 1 is 1.22 bits per heavy atom. The van der Waals surface area contributed by atoms with Gasteiger partial charge in [-0.25, -0.2) is 0 Å². The van der Waals surface area contributed by atoms with Crippen LogP contribution < -0.4 is 10.5 Å². The van der Waals surface area contributed by atoms with E-state index in [1.807, 2.05) is 29.2 Å². The lowest BCUT2D eigenvalue weighted by Crippen LogP contribution is -2.33. The molecule has 0 spiro atoms. The Bertz CT molecular complexity index is 523. The molecule has 23 heavy (non-hydrogen) atoms. The van der Waals surface area contributed by atoms with Crippen LogP contribution in [0, 0.1) is 11.8 Å². The fraction of sp³-hybridized carbons (Fsp3) is 0.588. The highest BCUT2D eigenvalue weighted by Gasteiger charge is 2.42. The number of rotatable bonds is 5. The minimum absolute atomic E-state index is 0. The van der Waals surface area contributed by atoms with Crippen LogP contribution in [-0.4, -0.2) is 50.3 Å². The molecule has 2 N–H and O–H groups in total. The minimum Gasteiger partial charge on any atom is -0.491 e. The van der Waals surface area contributed by atoms with Crippen molar-refractivity contribution in [3.05, 3.63) is 29.8 Å².